The standard InChI is InChI=1S/C22H30N2O3/c1-17(2)24(15-19-8-6-5-7-9-19)16-22(25)23-13-12-18-10-11-20(26-3)21(14-18)27-4/h5-11,14,17H,12-13,15-16H2,1-4H3,(H,23,25). The van der Waals surface area contributed by atoms with Crippen molar-refractivity contribution in [2.75, 3.05) is 27.3 Å². The van der Waals surface area contributed by atoms with Gasteiger partial charge in [-0.25, -0.2) is 0 Å². The highest BCUT2D eigenvalue weighted by Crippen LogP contribution is 2.27. The van der Waals surface area contributed by atoms with Crippen LogP contribution in [-0.2, 0) is 17.8 Å². The van der Waals surface area contributed by atoms with Gasteiger partial charge >= 0.3 is 0 Å². The molecule has 1 N–H and O–H groups in total. The van der Waals surface area contributed by atoms with Crippen molar-refractivity contribution in [3.05, 3.63) is 59.7 Å². The predicted octanol–water partition coefficient (Wildman–Crippen LogP) is 3.27. The van der Waals surface area contributed by atoms with Crippen LogP contribution in [0.25, 0.3) is 0 Å². The fraction of sp³-hybridized carbons (Fsp3) is 0.409. The lowest BCUT2D eigenvalue weighted by Crippen LogP contribution is -2.40. The normalized spacial score (nSPS) is 10.9. The van der Waals surface area contributed by atoms with E-state index in [0.29, 0.717) is 30.6 Å². The first-order valence-corrected chi connectivity index (χ1v) is 9.29. The average Bonchev–Trinajstić information content (AvgIpc) is 2.68. The Hall–Kier alpha value is -2.53. The van der Waals surface area contributed by atoms with E-state index in [-0.39, 0.29) is 5.91 Å². The Morgan fingerprint density at radius 3 is 2.33 bits per heavy atom. The molecule has 5 heteroatoms. The number of nitrogens with one attached hydrogen (secondary N) is 1. The molecular weight excluding hydrogens is 340 g/mol. The van der Waals surface area contributed by atoms with Crippen LogP contribution in [0.5, 0.6) is 11.5 Å². The van der Waals surface area contributed by atoms with Gasteiger partial charge < -0.3 is 14.8 Å². The van der Waals surface area contributed by atoms with E-state index in [0.717, 1.165) is 18.5 Å². The minimum absolute atomic E-state index is 0.0418. The zero-order valence-corrected chi connectivity index (χ0v) is 16.7. The molecule has 5 nitrogen and oxygen atoms in total. The molecule has 0 bridgehead atoms. The molecule has 0 radical (unpaired) electrons. The lowest BCUT2D eigenvalue weighted by molar-refractivity contribution is -0.122. The molecule has 0 spiro atoms. The summed E-state index contributed by atoms with van der Waals surface area (Å²) in [5.41, 5.74) is 2.31. The van der Waals surface area contributed by atoms with Crippen LogP contribution in [0.4, 0.5) is 0 Å². The third kappa shape index (κ3) is 6.61. The van der Waals surface area contributed by atoms with E-state index in [1.165, 1.54) is 5.56 Å². The highest BCUT2D eigenvalue weighted by molar-refractivity contribution is 5.78. The second kappa shape index (κ2) is 10.6. The fourth-order valence-electron chi connectivity index (χ4n) is 2.86. The lowest BCUT2D eigenvalue weighted by atomic mass is 10.1. The van der Waals surface area contributed by atoms with Gasteiger partial charge in [0.15, 0.2) is 11.5 Å². The molecule has 0 atom stereocenters. The molecule has 2 aromatic rings. The van der Waals surface area contributed by atoms with Gasteiger partial charge in [-0.05, 0) is 43.5 Å². The van der Waals surface area contributed by atoms with E-state index >= 15 is 0 Å². The summed E-state index contributed by atoms with van der Waals surface area (Å²) in [4.78, 5) is 14.5. The summed E-state index contributed by atoms with van der Waals surface area (Å²) in [7, 11) is 3.24. The van der Waals surface area contributed by atoms with Crippen molar-refractivity contribution < 1.29 is 14.3 Å². The van der Waals surface area contributed by atoms with Gasteiger partial charge in [0.25, 0.3) is 0 Å². The Labute approximate surface area is 162 Å². The third-order valence-corrected chi connectivity index (χ3v) is 4.49. The largest absolute Gasteiger partial charge is 0.493 e. The molecule has 0 aromatic heterocycles. The molecule has 0 aliphatic heterocycles. The molecule has 146 valence electrons. The van der Waals surface area contributed by atoms with Crippen molar-refractivity contribution in [1.29, 1.82) is 0 Å². The quantitative estimate of drug-likeness (QED) is 0.697. The van der Waals surface area contributed by atoms with E-state index in [2.05, 4.69) is 36.2 Å². The zero-order valence-electron chi connectivity index (χ0n) is 16.7. The molecule has 0 fully saturated rings. The van der Waals surface area contributed by atoms with Crippen molar-refractivity contribution in [3.63, 3.8) is 0 Å². The predicted molar refractivity (Wildman–Crippen MR) is 108 cm³/mol. The topological polar surface area (TPSA) is 50.8 Å². The number of nitrogens with zero attached hydrogens (tertiary/aromatic N) is 1. The zero-order chi connectivity index (χ0) is 19.6. The SMILES string of the molecule is COc1ccc(CCNC(=O)CN(Cc2ccccc2)C(C)C)cc1OC. The number of rotatable bonds is 10. The molecule has 2 aromatic carbocycles. The molecule has 0 aliphatic rings. The highest BCUT2D eigenvalue weighted by Gasteiger charge is 2.14. The van der Waals surface area contributed by atoms with Crippen LogP contribution in [0.15, 0.2) is 48.5 Å². The molecule has 0 heterocycles. The van der Waals surface area contributed by atoms with Crippen LogP contribution >= 0.6 is 0 Å². The maximum atomic E-state index is 12.4. The Balaban J connectivity index is 1.83. The number of hydrogen-bond donors (Lipinski definition) is 1. The van der Waals surface area contributed by atoms with Crippen LogP contribution in [0, 0.1) is 0 Å². The van der Waals surface area contributed by atoms with Crippen LogP contribution < -0.4 is 14.8 Å². The highest BCUT2D eigenvalue weighted by atomic mass is 16.5. The number of ether oxygens (including phenoxy) is 2. The van der Waals surface area contributed by atoms with E-state index in [9.17, 15) is 4.79 Å². The van der Waals surface area contributed by atoms with Gasteiger partial charge in [0.05, 0.1) is 20.8 Å². The van der Waals surface area contributed by atoms with Crippen LogP contribution in [0.3, 0.4) is 0 Å². The Kier molecular flexibility index (Phi) is 8.14. The summed E-state index contributed by atoms with van der Waals surface area (Å²) < 4.78 is 10.6. The summed E-state index contributed by atoms with van der Waals surface area (Å²) in [5.74, 6) is 1.45. The summed E-state index contributed by atoms with van der Waals surface area (Å²) in [6.07, 6.45) is 0.743. The first-order valence-electron chi connectivity index (χ1n) is 9.29. The Bertz CT molecular complexity index is 717. The van der Waals surface area contributed by atoms with E-state index < -0.39 is 0 Å². The van der Waals surface area contributed by atoms with Crippen molar-refractivity contribution in [2.45, 2.75) is 32.9 Å². The Morgan fingerprint density at radius 2 is 1.70 bits per heavy atom. The number of amides is 1. The van der Waals surface area contributed by atoms with Crippen molar-refractivity contribution in [3.8, 4) is 11.5 Å². The van der Waals surface area contributed by atoms with E-state index in [4.69, 9.17) is 9.47 Å². The number of methoxy groups -OCH3 is 2. The smallest absolute Gasteiger partial charge is 0.234 e. The number of carbonyl (C=O) groups is 1. The Morgan fingerprint density at radius 1 is 1.00 bits per heavy atom. The van der Waals surface area contributed by atoms with Crippen molar-refractivity contribution in [2.24, 2.45) is 0 Å². The monoisotopic (exact) mass is 370 g/mol. The van der Waals surface area contributed by atoms with E-state index in [1.54, 1.807) is 14.2 Å². The maximum absolute atomic E-state index is 12.4. The maximum Gasteiger partial charge on any atom is 0.234 e. The van der Waals surface area contributed by atoms with Gasteiger partial charge in [0.2, 0.25) is 5.91 Å². The van der Waals surface area contributed by atoms with Gasteiger partial charge in [0.1, 0.15) is 0 Å². The minimum atomic E-state index is 0.0418. The third-order valence-electron chi connectivity index (χ3n) is 4.49. The number of hydrogen-bond acceptors (Lipinski definition) is 4. The average molecular weight is 370 g/mol. The first kappa shape index (κ1) is 20.8. The molecule has 0 aliphatic carbocycles. The molecule has 0 saturated carbocycles. The summed E-state index contributed by atoms with van der Waals surface area (Å²) >= 11 is 0. The second-order valence-corrected chi connectivity index (χ2v) is 6.77. The van der Waals surface area contributed by atoms with Gasteiger partial charge in [-0.15, -0.1) is 0 Å². The van der Waals surface area contributed by atoms with Gasteiger partial charge in [-0.1, -0.05) is 36.4 Å². The van der Waals surface area contributed by atoms with Gasteiger partial charge in [-0.3, -0.25) is 9.69 Å². The van der Waals surface area contributed by atoms with Crippen molar-refractivity contribution in [1.82, 2.24) is 10.2 Å². The second-order valence-electron chi connectivity index (χ2n) is 6.77. The van der Waals surface area contributed by atoms with Crippen LogP contribution in [0.2, 0.25) is 0 Å². The fourth-order valence-corrected chi connectivity index (χ4v) is 2.86. The van der Waals surface area contributed by atoms with Gasteiger partial charge in [-0.2, -0.15) is 0 Å². The molecule has 1 amide bonds. The van der Waals surface area contributed by atoms with Crippen LogP contribution in [0.1, 0.15) is 25.0 Å². The van der Waals surface area contributed by atoms with E-state index in [1.807, 2.05) is 36.4 Å². The molecular formula is C22H30N2O3. The lowest BCUT2D eigenvalue weighted by Gasteiger charge is -2.26. The summed E-state index contributed by atoms with van der Waals surface area (Å²) in [6.45, 7) is 5.96. The van der Waals surface area contributed by atoms with Gasteiger partial charge in [0, 0.05) is 19.1 Å². The molecule has 0 saturated heterocycles. The molecule has 0 unspecified atom stereocenters. The van der Waals surface area contributed by atoms with Crippen molar-refractivity contribution >= 4 is 5.91 Å². The summed E-state index contributed by atoms with van der Waals surface area (Å²) in [5, 5.41) is 3.02. The minimum Gasteiger partial charge on any atom is -0.493 e. The number of benzene rings is 2. The van der Waals surface area contributed by atoms with Crippen LogP contribution in [-0.4, -0.2) is 44.2 Å². The molecule has 2 rings (SSSR count). The summed E-state index contributed by atoms with van der Waals surface area (Å²) in [6, 6.07) is 16.3. The first-order chi connectivity index (χ1) is 13.0. The molecule has 27 heavy (non-hydrogen) atoms. The number of carbonyl (C=O) groups excluding carboxylic acids is 1.